The molecule has 0 radical (unpaired) electrons. The molecule has 0 aliphatic carbocycles. The number of hydrogen-bond acceptors (Lipinski definition) is 5. The molecule has 17 heteroatoms. The van der Waals surface area contributed by atoms with Crippen molar-refractivity contribution in [3.63, 3.8) is 0 Å². The number of benzene rings is 2. The largest absolute Gasteiger partial charge is 0.417 e. The fourth-order valence-corrected chi connectivity index (χ4v) is 3.76. The third-order valence-corrected chi connectivity index (χ3v) is 6.09. The van der Waals surface area contributed by atoms with Gasteiger partial charge < -0.3 is 0 Å². The fraction of sp³-hybridized carbons (Fsp3) is 0.143. The fourth-order valence-electron chi connectivity index (χ4n) is 3.02. The number of aromatic nitrogens is 3. The molecule has 0 bridgehead atoms. The molecular weight excluding hydrogens is 613 g/mol. The van der Waals surface area contributed by atoms with E-state index >= 15 is 0 Å². The van der Waals surface area contributed by atoms with E-state index in [2.05, 4.69) is 20.4 Å². The maximum Gasteiger partial charge on any atom is 0.417 e. The average molecular weight is 623 g/mol. The molecule has 0 fully saturated rings. The molecule has 0 saturated heterocycles. The highest BCUT2D eigenvalue weighted by Crippen LogP contribution is 2.42. The number of hydrazine groups is 1. The first-order valence-electron chi connectivity index (χ1n) is 9.79. The van der Waals surface area contributed by atoms with Crippen molar-refractivity contribution in [1.29, 1.82) is 0 Å². The lowest BCUT2D eigenvalue weighted by atomic mass is 9.95. The van der Waals surface area contributed by atoms with E-state index in [0.29, 0.717) is 12.1 Å². The number of alkyl halides is 6. The van der Waals surface area contributed by atoms with E-state index in [9.17, 15) is 35.5 Å². The Morgan fingerprint density at radius 2 is 1.58 bits per heavy atom. The van der Waals surface area contributed by atoms with E-state index < -0.39 is 52.3 Å². The monoisotopic (exact) mass is 621 g/mol. The van der Waals surface area contributed by atoms with Gasteiger partial charge in [0, 0.05) is 5.56 Å². The van der Waals surface area contributed by atoms with Gasteiger partial charge in [-0.2, -0.15) is 36.3 Å². The number of nitrogens with zero attached hydrogens (tertiary/aromatic N) is 3. The van der Waals surface area contributed by atoms with E-state index in [-0.39, 0.29) is 38.4 Å². The normalized spacial score (nSPS) is 13.3. The van der Waals surface area contributed by atoms with Crippen LogP contribution in [-0.4, -0.2) is 27.0 Å². The van der Waals surface area contributed by atoms with Crippen molar-refractivity contribution in [2.75, 3.05) is 5.43 Å². The number of carbonyl (C=O) groups is 1. The molecule has 1 atom stereocenters. The molecule has 3 rings (SSSR count). The maximum absolute atomic E-state index is 14.9. The summed E-state index contributed by atoms with van der Waals surface area (Å²) in [7, 11) is 0. The first-order valence-corrected chi connectivity index (χ1v) is 11.3. The van der Waals surface area contributed by atoms with Gasteiger partial charge in [0.1, 0.15) is 18.1 Å². The third kappa shape index (κ3) is 7.16. The first-order chi connectivity index (χ1) is 17.6. The molecule has 0 saturated carbocycles. The Balaban J connectivity index is 1.98. The van der Waals surface area contributed by atoms with Gasteiger partial charge in [-0.1, -0.05) is 40.9 Å². The van der Waals surface area contributed by atoms with Gasteiger partial charge in [-0.25, -0.2) is 9.37 Å². The van der Waals surface area contributed by atoms with Crippen molar-refractivity contribution in [2.24, 2.45) is 0 Å². The summed E-state index contributed by atoms with van der Waals surface area (Å²) in [5.41, 5.74) is -0.0858. The molecule has 0 spiro atoms. The Morgan fingerprint density at radius 3 is 2.13 bits per heavy atom. The highest BCUT2D eigenvalue weighted by Gasteiger charge is 2.41. The quantitative estimate of drug-likeness (QED) is 0.166. The lowest BCUT2D eigenvalue weighted by molar-refractivity contribution is -0.140. The van der Waals surface area contributed by atoms with E-state index in [4.69, 9.17) is 46.4 Å². The van der Waals surface area contributed by atoms with E-state index in [1.54, 1.807) is 0 Å². The van der Waals surface area contributed by atoms with Gasteiger partial charge in [0.25, 0.3) is 5.91 Å². The van der Waals surface area contributed by atoms with Crippen molar-refractivity contribution >= 4 is 64.1 Å². The second-order valence-electron chi connectivity index (χ2n) is 7.25. The number of rotatable bonds is 6. The molecular formula is C21H10Cl4F7N5O. The molecule has 0 aliphatic rings. The minimum atomic E-state index is -5.19. The van der Waals surface area contributed by atoms with Gasteiger partial charge in [-0.3, -0.25) is 15.6 Å². The van der Waals surface area contributed by atoms with Gasteiger partial charge in [-0.15, -0.1) is 0 Å². The summed E-state index contributed by atoms with van der Waals surface area (Å²) in [5.74, 6) is -5.96. The van der Waals surface area contributed by atoms with Crippen LogP contribution in [0.5, 0.6) is 0 Å². The summed E-state index contributed by atoms with van der Waals surface area (Å²) < 4.78 is 97.3. The predicted molar refractivity (Wildman–Crippen MR) is 127 cm³/mol. The Kier molecular flexibility index (Phi) is 8.97. The molecule has 6 nitrogen and oxygen atoms in total. The zero-order chi connectivity index (χ0) is 28.4. The Hall–Kier alpha value is -2.87. The van der Waals surface area contributed by atoms with Gasteiger partial charge in [0.2, 0.25) is 11.2 Å². The Labute approximate surface area is 228 Å². The SMILES string of the molecule is O=C(NNc1ncnc(Cl)n1)c1ccc(C(F)=CC(c2cc(Cl)c(Cl)c(Cl)c2)C(F)(F)F)cc1C(F)(F)F. The summed E-state index contributed by atoms with van der Waals surface area (Å²) in [5, 5.41) is -1.21. The Morgan fingerprint density at radius 1 is 0.947 bits per heavy atom. The van der Waals surface area contributed by atoms with Crippen LogP contribution in [0.3, 0.4) is 0 Å². The summed E-state index contributed by atoms with van der Waals surface area (Å²) in [6.45, 7) is 0. The van der Waals surface area contributed by atoms with E-state index in [1.165, 1.54) is 0 Å². The number of halogens is 11. The smallest absolute Gasteiger partial charge is 0.267 e. The number of allylic oxidation sites excluding steroid dienone is 1. The highest BCUT2D eigenvalue weighted by atomic mass is 35.5. The number of carbonyl (C=O) groups excluding carboxylic acids is 1. The zero-order valence-electron chi connectivity index (χ0n) is 18.0. The van der Waals surface area contributed by atoms with Crippen LogP contribution in [0.2, 0.25) is 20.4 Å². The molecule has 3 aromatic rings. The second-order valence-corrected chi connectivity index (χ2v) is 8.78. The van der Waals surface area contributed by atoms with Crippen LogP contribution in [0.15, 0.2) is 42.7 Å². The van der Waals surface area contributed by atoms with Gasteiger partial charge in [0.15, 0.2) is 0 Å². The average Bonchev–Trinajstić information content (AvgIpc) is 2.82. The van der Waals surface area contributed by atoms with Crippen molar-refractivity contribution in [3.8, 4) is 0 Å². The standard InChI is InChI=1S/C21H10Cl4F7N5O/c22-13-4-9(5-14(23)16(13)24)11(20(27,28)29)6-15(26)8-1-2-10(12(3-8)21(30,31)32)17(38)36-37-19-34-7-33-18(25)35-19/h1-7,11H,(H,36,38)(H,33,34,35,37). The van der Waals surface area contributed by atoms with E-state index in [0.717, 1.165) is 18.5 Å². The van der Waals surface area contributed by atoms with E-state index in [1.807, 2.05) is 5.43 Å². The van der Waals surface area contributed by atoms with Crippen LogP contribution in [0, 0.1) is 0 Å². The molecule has 0 aliphatic heterocycles. The zero-order valence-corrected chi connectivity index (χ0v) is 21.1. The van der Waals surface area contributed by atoms with Crippen LogP contribution in [0.4, 0.5) is 36.7 Å². The van der Waals surface area contributed by atoms with Crippen molar-refractivity contribution in [2.45, 2.75) is 18.3 Å². The minimum Gasteiger partial charge on any atom is -0.267 e. The maximum atomic E-state index is 14.9. The molecule has 2 N–H and O–H groups in total. The number of anilines is 1. The topological polar surface area (TPSA) is 79.8 Å². The summed E-state index contributed by atoms with van der Waals surface area (Å²) in [4.78, 5) is 23.0. The lowest BCUT2D eigenvalue weighted by Gasteiger charge is -2.19. The van der Waals surface area contributed by atoms with Crippen LogP contribution >= 0.6 is 46.4 Å². The van der Waals surface area contributed by atoms with Crippen LogP contribution in [0.25, 0.3) is 5.83 Å². The second kappa shape index (κ2) is 11.5. The molecule has 1 amide bonds. The van der Waals surface area contributed by atoms with Crippen LogP contribution < -0.4 is 10.9 Å². The predicted octanol–water partition coefficient (Wildman–Crippen LogP) is 7.92. The minimum absolute atomic E-state index is 0.0528. The molecule has 38 heavy (non-hydrogen) atoms. The van der Waals surface area contributed by atoms with Crippen molar-refractivity contribution in [3.05, 3.63) is 85.3 Å². The third-order valence-electron chi connectivity index (χ3n) is 4.71. The van der Waals surface area contributed by atoms with Crippen molar-refractivity contribution in [1.82, 2.24) is 20.4 Å². The molecule has 202 valence electrons. The molecule has 1 heterocycles. The van der Waals surface area contributed by atoms with Crippen molar-refractivity contribution < 1.29 is 35.5 Å². The van der Waals surface area contributed by atoms with Gasteiger partial charge in [0.05, 0.1) is 26.2 Å². The lowest BCUT2D eigenvalue weighted by Crippen LogP contribution is -2.32. The number of nitrogens with one attached hydrogen (secondary N) is 2. The Bertz CT molecular complexity index is 1380. The van der Waals surface area contributed by atoms with Gasteiger partial charge >= 0.3 is 12.4 Å². The molecule has 1 unspecified atom stereocenters. The summed E-state index contributed by atoms with van der Waals surface area (Å²) in [6, 6.07) is 3.08. The van der Waals surface area contributed by atoms with Crippen LogP contribution in [-0.2, 0) is 6.18 Å². The van der Waals surface area contributed by atoms with Gasteiger partial charge in [-0.05, 0) is 47.5 Å². The molecule has 1 aromatic heterocycles. The first kappa shape index (κ1) is 29.7. The van der Waals surface area contributed by atoms with Crippen LogP contribution in [0.1, 0.15) is 33.0 Å². The highest BCUT2D eigenvalue weighted by molar-refractivity contribution is 6.48. The molecule has 2 aromatic carbocycles. The summed E-state index contributed by atoms with van der Waals surface area (Å²) in [6.07, 6.45) is -9.28. The number of hydrogen-bond donors (Lipinski definition) is 2. The number of amides is 1. The summed E-state index contributed by atoms with van der Waals surface area (Å²) >= 11 is 22.8.